The topological polar surface area (TPSA) is 114 Å². The van der Waals surface area contributed by atoms with E-state index < -0.39 is 26.6 Å². The van der Waals surface area contributed by atoms with E-state index in [1.165, 1.54) is 199 Å². The molecule has 1 N–H and O–H groups in total. The first-order valence-corrected chi connectivity index (χ1v) is 34.4. The van der Waals surface area contributed by atoms with Crippen molar-refractivity contribution >= 4 is 19.7 Å². The molecule has 0 saturated carbocycles. The highest BCUT2D eigenvalue weighted by molar-refractivity contribution is 7.45. The SMILES string of the molecule is CCCCC/C=C\C/C=C\C/C=C\CCCCCCC(=O)NC(COP(=O)([O-])OCC[N+](C)(C)C)C(/C=C\CCCCCCCCCCC)OC(=O)CCCCCCCCCCCCCCCCCCCCCCCCC. The molecule has 0 fully saturated rings. The highest BCUT2D eigenvalue weighted by atomic mass is 31.2. The fourth-order valence-electron chi connectivity index (χ4n) is 9.65. The number of unbranched alkanes of at least 4 members (excludes halogenated alkanes) is 38. The standard InChI is InChI=1S/C67H127N2O7P/c1-7-10-13-16-19-22-25-27-29-31-32-33-34-35-36-38-40-42-45-48-51-54-57-60-67(71)76-65(58-55-52-49-46-43-24-21-18-15-12-9-3)64(63-75-77(72,73)74-62-61-69(4,5)6)68-66(70)59-56-53-50-47-44-41-39-37-30-28-26-23-20-17-14-11-8-2/h20,23,28,30,39,41,55,58,64-65H,7-19,21-22,24-27,29,31-38,40,42-54,56-57,59-63H2,1-6H3,(H-,68,70,72,73)/b23-20-,30-28-,41-39-,58-55-. The predicted molar refractivity (Wildman–Crippen MR) is 330 cm³/mol. The Morgan fingerprint density at radius 2 is 0.792 bits per heavy atom. The molecule has 0 aliphatic heterocycles. The smallest absolute Gasteiger partial charge is 0.306 e. The van der Waals surface area contributed by atoms with Gasteiger partial charge in [0.05, 0.1) is 33.8 Å². The van der Waals surface area contributed by atoms with Gasteiger partial charge in [0.1, 0.15) is 19.3 Å². The number of allylic oxidation sites excluding steroid dienone is 7. The molecule has 0 bridgehead atoms. The minimum Gasteiger partial charge on any atom is -0.756 e. The Balaban J connectivity index is 5.11. The van der Waals surface area contributed by atoms with E-state index in [9.17, 15) is 19.0 Å². The molecule has 0 radical (unpaired) electrons. The van der Waals surface area contributed by atoms with E-state index >= 15 is 0 Å². The average molecular weight is 1100 g/mol. The molecule has 9 nitrogen and oxygen atoms in total. The number of amides is 1. The van der Waals surface area contributed by atoms with E-state index in [2.05, 4.69) is 62.5 Å². The van der Waals surface area contributed by atoms with Gasteiger partial charge in [-0.2, -0.15) is 0 Å². The predicted octanol–water partition coefficient (Wildman–Crippen LogP) is 19.8. The molecule has 0 aliphatic rings. The first kappa shape index (κ1) is 75.0. The lowest BCUT2D eigenvalue weighted by Gasteiger charge is -2.30. The van der Waals surface area contributed by atoms with Crippen molar-refractivity contribution in [3.05, 3.63) is 48.6 Å². The van der Waals surface area contributed by atoms with Crippen LogP contribution in [0.5, 0.6) is 0 Å². The summed E-state index contributed by atoms with van der Waals surface area (Å²) in [6.45, 7) is 6.83. The van der Waals surface area contributed by atoms with Crippen molar-refractivity contribution in [2.45, 2.75) is 328 Å². The van der Waals surface area contributed by atoms with Crippen molar-refractivity contribution in [1.82, 2.24) is 5.32 Å². The fraction of sp³-hybridized carbons (Fsp3) is 0.851. The number of phosphoric ester groups is 1. The average Bonchev–Trinajstić information content (AvgIpc) is 3.39. The number of hydrogen-bond donors (Lipinski definition) is 1. The largest absolute Gasteiger partial charge is 0.756 e. The maximum atomic E-state index is 13.5. The van der Waals surface area contributed by atoms with Gasteiger partial charge in [-0.25, -0.2) is 0 Å². The van der Waals surface area contributed by atoms with Crippen LogP contribution in [0.2, 0.25) is 0 Å². The van der Waals surface area contributed by atoms with Crippen LogP contribution in [-0.2, 0) is 27.9 Å². The number of quaternary nitrogens is 1. The summed E-state index contributed by atoms with van der Waals surface area (Å²) < 4.78 is 30.3. The van der Waals surface area contributed by atoms with Gasteiger partial charge in [0.2, 0.25) is 5.91 Å². The van der Waals surface area contributed by atoms with Crippen LogP contribution in [0.4, 0.5) is 0 Å². The molecule has 0 saturated heterocycles. The van der Waals surface area contributed by atoms with Gasteiger partial charge in [0, 0.05) is 12.8 Å². The van der Waals surface area contributed by atoms with Crippen LogP contribution in [-0.4, -0.2) is 69.4 Å². The van der Waals surface area contributed by atoms with Crippen LogP contribution < -0.4 is 10.2 Å². The van der Waals surface area contributed by atoms with Gasteiger partial charge in [-0.1, -0.05) is 282 Å². The maximum Gasteiger partial charge on any atom is 0.306 e. The van der Waals surface area contributed by atoms with E-state index in [1.54, 1.807) is 0 Å². The lowest BCUT2D eigenvalue weighted by atomic mass is 10.0. The zero-order chi connectivity index (χ0) is 56.4. The first-order chi connectivity index (χ1) is 37.4. The zero-order valence-corrected chi connectivity index (χ0v) is 52.6. The van der Waals surface area contributed by atoms with Gasteiger partial charge in [-0.3, -0.25) is 14.2 Å². The van der Waals surface area contributed by atoms with Gasteiger partial charge >= 0.3 is 5.97 Å². The molecule has 10 heteroatoms. The van der Waals surface area contributed by atoms with Crippen molar-refractivity contribution in [1.29, 1.82) is 0 Å². The highest BCUT2D eigenvalue weighted by Gasteiger charge is 2.27. The summed E-state index contributed by atoms with van der Waals surface area (Å²) in [7, 11) is 1.18. The number of carbonyl (C=O) groups is 2. The maximum absolute atomic E-state index is 13.5. The summed E-state index contributed by atoms with van der Waals surface area (Å²) in [5, 5.41) is 3.02. The van der Waals surface area contributed by atoms with Crippen molar-refractivity contribution in [3.8, 4) is 0 Å². The van der Waals surface area contributed by atoms with Gasteiger partial charge in [-0.05, 0) is 70.3 Å². The van der Waals surface area contributed by atoms with Crippen LogP contribution in [0.15, 0.2) is 48.6 Å². The molecule has 452 valence electrons. The molecule has 0 aromatic heterocycles. The van der Waals surface area contributed by atoms with Crippen molar-refractivity contribution in [2.24, 2.45) is 0 Å². The normalized spacial score (nSPS) is 13.9. The molecule has 1 amide bonds. The number of nitrogens with zero attached hydrogens (tertiary/aromatic N) is 1. The molecule has 3 atom stereocenters. The Morgan fingerprint density at radius 3 is 1.21 bits per heavy atom. The van der Waals surface area contributed by atoms with E-state index in [1.807, 2.05) is 33.3 Å². The first-order valence-electron chi connectivity index (χ1n) is 32.9. The summed E-state index contributed by atoms with van der Waals surface area (Å²) in [4.78, 5) is 40.0. The lowest BCUT2D eigenvalue weighted by Crippen LogP contribution is -2.47. The molecule has 77 heavy (non-hydrogen) atoms. The Hall–Kier alpha value is -2.03. The minimum absolute atomic E-state index is 0.0259. The Labute approximate surface area is 478 Å². The summed E-state index contributed by atoms with van der Waals surface area (Å²) in [5.74, 6) is -0.554. The molecule has 0 heterocycles. The van der Waals surface area contributed by atoms with Crippen LogP contribution >= 0.6 is 7.82 Å². The second-order valence-corrected chi connectivity index (χ2v) is 25.0. The van der Waals surface area contributed by atoms with E-state index in [-0.39, 0.29) is 24.9 Å². The number of ether oxygens (including phenoxy) is 1. The number of carbonyl (C=O) groups excluding carboxylic acids is 2. The third kappa shape index (κ3) is 58.4. The highest BCUT2D eigenvalue weighted by Crippen LogP contribution is 2.38. The van der Waals surface area contributed by atoms with Crippen molar-refractivity contribution < 1.29 is 37.3 Å². The zero-order valence-electron chi connectivity index (χ0n) is 51.7. The molecular weight excluding hydrogens is 976 g/mol. The summed E-state index contributed by atoms with van der Waals surface area (Å²) in [5.41, 5.74) is 0. The summed E-state index contributed by atoms with van der Waals surface area (Å²) in [6.07, 6.45) is 70.9. The van der Waals surface area contributed by atoms with E-state index in [4.69, 9.17) is 13.8 Å². The monoisotopic (exact) mass is 1100 g/mol. The number of phosphoric acid groups is 1. The van der Waals surface area contributed by atoms with Crippen LogP contribution in [0, 0.1) is 0 Å². The molecule has 0 aromatic carbocycles. The second kappa shape index (κ2) is 57.2. The van der Waals surface area contributed by atoms with Crippen molar-refractivity contribution in [3.63, 3.8) is 0 Å². The molecule has 0 aliphatic carbocycles. The quantitative estimate of drug-likeness (QED) is 0.0212. The molecule has 0 rings (SSSR count). The number of hydrogen-bond acceptors (Lipinski definition) is 7. The Kier molecular flexibility index (Phi) is 55.7. The van der Waals surface area contributed by atoms with E-state index in [0.717, 1.165) is 77.0 Å². The van der Waals surface area contributed by atoms with Crippen LogP contribution in [0.25, 0.3) is 0 Å². The van der Waals surface area contributed by atoms with Gasteiger partial charge in [0.25, 0.3) is 7.82 Å². The molecule has 0 aromatic rings. The molecule has 0 spiro atoms. The van der Waals surface area contributed by atoms with Gasteiger partial charge in [0.15, 0.2) is 0 Å². The third-order valence-electron chi connectivity index (χ3n) is 14.8. The Morgan fingerprint density at radius 1 is 0.455 bits per heavy atom. The van der Waals surface area contributed by atoms with Crippen LogP contribution in [0.3, 0.4) is 0 Å². The molecule has 3 unspecified atom stereocenters. The van der Waals surface area contributed by atoms with Gasteiger partial charge in [-0.15, -0.1) is 0 Å². The minimum atomic E-state index is -4.70. The fourth-order valence-corrected chi connectivity index (χ4v) is 10.4. The number of esters is 1. The summed E-state index contributed by atoms with van der Waals surface area (Å²) in [6, 6.07) is -0.898. The lowest BCUT2D eigenvalue weighted by molar-refractivity contribution is -0.870. The Bertz CT molecular complexity index is 1460. The number of likely N-dealkylation sites (N-methyl/N-ethyl adjacent to an activating group) is 1. The number of rotatable bonds is 60. The second-order valence-electron chi connectivity index (χ2n) is 23.6. The van der Waals surface area contributed by atoms with Crippen LogP contribution in [0.1, 0.15) is 316 Å². The number of nitrogens with one attached hydrogen (secondary N) is 1. The van der Waals surface area contributed by atoms with E-state index in [0.29, 0.717) is 23.9 Å². The van der Waals surface area contributed by atoms with Crippen molar-refractivity contribution in [2.75, 3.05) is 40.9 Å². The summed E-state index contributed by atoms with van der Waals surface area (Å²) >= 11 is 0. The molecular formula is C67H127N2O7P. The third-order valence-corrected chi connectivity index (χ3v) is 15.7. The van der Waals surface area contributed by atoms with Gasteiger partial charge < -0.3 is 28.5 Å².